The van der Waals surface area contributed by atoms with Gasteiger partial charge in [0.2, 0.25) is 0 Å². The predicted molar refractivity (Wildman–Crippen MR) is 58.3 cm³/mol. The van der Waals surface area contributed by atoms with Gasteiger partial charge in [0.1, 0.15) is 0 Å². The highest BCUT2D eigenvalue weighted by atomic mass is 15.2. The average molecular weight is 194 g/mol. The van der Waals surface area contributed by atoms with E-state index in [-0.39, 0.29) is 0 Å². The van der Waals surface area contributed by atoms with Gasteiger partial charge in [-0.3, -0.25) is 4.90 Å². The van der Waals surface area contributed by atoms with Crippen molar-refractivity contribution in [3.05, 3.63) is 0 Å². The molecule has 0 amide bonds. The van der Waals surface area contributed by atoms with Gasteiger partial charge in [0, 0.05) is 31.7 Å². The fourth-order valence-electron chi connectivity index (χ4n) is 3.20. The van der Waals surface area contributed by atoms with Gasteiger partial charge in [0.25, 0.3) is 0 Å². The molecule has 1 heterocycles. The van der Waals surface area contributed by atoms with Gasteiger partial charge in [-0.05, 0) is 31.6 Å². The SMILES string of the molecule is C1CCC2C(C1)NCCN2CC1CC1. The van der Waals surface area contributed by atoms with Gasteiger partial charge in [-0.1, -0.05) is 12.8 Å². The van der Waals surface area contributed by atoms with E-state index < -0.39 is 0 Å². The Hall–Kier alpha value is -0.0800. The maximum absolute atomic E-state index is 3.70. The third-order valence-corrected chi connectivity index (χ3v) is 4.19. The van der Waals surface area contributed by atoms with Crippen LogP contribution in [0.1, 0.15) is 38.5 Å². The van der Waals surface area contributed by atoms with E-state index in [4.69, 9.17) is 0 Å². The summed E-state index contributed by atoms with van der Waals surface area (Å²) in [6.45, 7) is 3.94. The highest BCUT2D eigenvalue weighted by molar-refractivity contribution is 4.93. The molecule has 3 fully saturated rings. The molecule has 2 heteroatoms. The molecule has 0 aromatic heterocycles. The van der Waals surface area contributed by atoms with Gasteiger partial charge in [-0.15, -0.1) is 0 Å². The van der Waals surface area contributed by atoms with Crippen molar-refractivity contribution < 1.29 is 0 Å². The van der Waals surface area contributed by atoms with Gasteiger partial charge in [-0.2, -0.15) is 0 Å². The Labute approximate surface area is 87.0 Å². The van der Waals surface area contributed by atoms with Crippen LogP contribution >= 0.6 is 0 Å². The molecule has 2 unspecified atom stereocenters. The molecule has 0 radical (unpaired) electrons. The van der Waals surface area contributed by atoms with Crippen LogP contribution in [0.4, 0.5) is 0 Å². The molecule has 1 saturated heterocycles. The first kappa shape index (κ1) is 9.17. The Balaban J connectivity index is 1.63. The minimum atomic E-state index is 0.830. The number of hydrogen-bond donors (Lipinski definition) is 1. The van der Waals surface area contributed by atoms with Crippen LogP contribution in [-0.4, -0.2) is 36.6 Å². The van der Waals surface area contributed by atoms with Crippen LogP contribution in [0.3, 0.4) is 0 Å². The molecule has 1 N–H and O–H groups in total. The van der Waals surface area contributed by atoms with E-state index in [0.717, 1.165) is 18.0 Å². The topological polar surface area (TPSA) is 15.3 Å². The molecule has 2 aliphatic carbocycles. The van der Waals surface area contributed by atoms with Crippen molar-refractivity contribution >= 4 is 0 Å². The van der Waals surface area contributed by atoms with E-state index in [0.29, 0.717) is 0 Å². The summed E-state index contributed by atoms with van der Waals surface area (Å²) in [4.78, 5) is 2.79. The number of rotatable bonds is 2. The van der Waals surface area contributed by atoms with Crippen molar-refractivity contribution in [2.24, 2.45) is 5.92 Å². The molecule has 0 spiro atoms. The van der Waals surface area contributed by atoms with Crippen molar-refractivity contribution in [1.82, 2.24) is 10.2 Å². The normalized spacial score (nSPS) is 39.4. The molecule has 2 nitrogen and oxygen atoms in total. The predicted octanol–water partition coefficient (Wildman–Crippen LogP) is 1.61. The zero-order valence-electron chi connectivity index (χ0n) is 9.04. The largest absolute Gasteiger partial charge is 0.311 e. The summed E-state index contributed by atoms with van der Waals surface area (Å²) >= 11 is 0. The molecular weight excluding hydrogens is 172 g/mol. The van der Waals surface area contributed by atoms with Crippen molar-refractivity contribution in [3.63, 3.8) is 0 Å². The van der Waals surface area contributed by atoms with E-state index in [1.165, 1.54) is 58.2 Å². The molecule has 0 bridgehead atoms. The Kier molecular flexibility index (Phi) is 2.50. The fraction of sp³-hybridized carbons (Fsp3) is 1.00. The molecular formula is C12H22N2. The van der Waals surface area contributed by atoms with Crippen LogP contribution < -0.4 is 5.32 Å². The summed E-state index contributed by atoms with van der Waals surface area (Å²) in [5.74, 6) is 1.07. The third-order valence-electron chi connectivity index (χ3n) is 4.19. The monoisotopic (exact) mass is 194 g/mol. The van der Waals surface area contributed by atoms with E-state index in [9.17, 15) is 0 Å². The molecule has 1 aliphatic heterocycles. The van der Waals surface area contributed by atoms with E-state index in [1.54, 1.807) is 0 Å². The minimum absolute atomic E-state index is 0.830. The quantitative estimate of drug-likeness (QED) is 0.718. The van der Waals surface area contributed by atoms with Crippen LogP contribution in [0, 0.1) is 5.92 Å². The second kappa shape index (κ2) is 3.82. The molecule has 80 valence electrons. The highest BCUT2D eigenvalue weighted by Gasteiger charge is 2.35. The zero-order chi connectivity index (χ0) is 9.38. The maximum atomic E-state index is 3.70. The Morgan fingerprint density at radius 3 is 2.79 bits per heavy atom. The first-order chi connectivity index (χ1) is 6.93. The Morgan fingerprint density at radius 2 is 1.93 bits per heavy atom. The highest BCUT2D eigenvalue weighted by Crippen LogP contribution is 2.33. The second-order valence-corrected chi connectivity index (χ2v) is 5.35. The average Bonchev–Trinajstić information content (AvgIpc) is 3.03. The molecule has 0 aromatic rings. The smallest absolute Gasteiger partial charge is 0.0250 e. The number of piperazine rings is 1. The van der Waals surface area contributed by atoms with Crippen molar-refractivity contribution in [3.8, 4) is 0 Å². The number of fused-ring (bicyclic) bond motifs is 1. The molecule has 2 saturated carbocycles. The van der Waals surface area contributed by atoms with E-state index in [1.807, 2.05) is 0 Å². The molecule has 14 heavy (non-hydrogen) atoms. The number of nitrogens with zero attached hydrogens (tertiary/aromatic N) is 1. The Morgan fingerprint density at radius 1 is 1.07 bits per heavy atom. The van der Waals surface area contributed by atoms with Crippen molar-refractivity contribution in [1.29, 1.82) is 0 Å². The summed E-state index contributed by atoms with van der Waals surface area (Å²) in [5.41, 5.74) is 0. The first-order valence-electron chi connectivity index (χ1n) is 6.41. The lowest BCUT2D eigenvalue weighted by Gasteiger charge is -2.44. The summed E-state index contributed by atoms with van der Waals surface area (Å²) in [6.07, 6.45) is 8.79. The van der Waals surface area contributed by atoms with Gasteiger partial charge >= 0.3 is 0 Å². The summed E-state index contributed by atoms with van der Waals surface area (Å²) in [5, 5.41) is 3.70. The van der Waals surface area contributed by atoms with Crippen LogP contribution in [-0.2, 0) is 0 Å². The lowest BCUT2D eigenvalue weighted by molar-refractivity contribution is 0.0838. The molecule has 0 aromatic carbocycles. The summed E-state index contributed by atoms with van der Waals surface area (Å²) < 4.78 is 0. The van der Waals surface area contributed by atoms with Crippen molar-refractivity contribution in [2.45, 2.75) is 50.6 Å². The van der Waals surface area contributed by atoms with Crippen LogP contribution in [0.15, 0.2) is 0 Å². The summed E-state index contributed by atoms with van der Waals surface area (Å²) in [6, 6.07) is 1.72. The molecule has 2 atom stereocenters. The van der Waals surface area contributed by atoms with Crippen LogP contribution in [0.5, 0.6) is 0 Å². The zero-order valence-corrected chi connectivity index (χ0v) is 9.04. The van der Waals surface area contributed by atoms with Gasteiger partial charge in [0.05, 0.1) is 0 Å². The maximum Gasteiger partial charge on any atom is 0.0250 e. The van der Waals surface area contributed by atoms with Crippen molar-refractivity contribution in [2.75, 3.05) is 19.6 Å². The standard InChI is InChI=1S/C12H22N2/c1-2-4-12-11(3-1)13-7-8-14(12)9-10-5-6-10/h10-13H,1-9H2. The van der Waals surface area contributed by atoms with E-state index >= 15 is 0 Å². The lowest BCUT2D eigenvalue weighted by Crippen LogP contribution is -2.59. The summed E-state index contributed by atoms with van der Waals surface area (Å²) in [7, 11) is 0. The van der Waals surface area contributed by atoms with Gasteiger partial charge < -0.3 is 5.32 Å². The number of hydrogen-bond acceptors (Lipinski definition) is 2. The minimum Gasteiger partial charge on any atom is -0.311 e. The Bertz CT molecular complexity index is 198. The fourth-order valence-corrected chi connectivity index (χ4v) is 3.20. The molecule has 3 rings (SSSR count). The second-order valence-electron chi connectivity index (χ2n) is 5.35. The van der Waals surface area contributed by atoms with E-state index in [2.05, 4.69) is 10.2 Å². The molecule has 3 aliphatic rings. The third kappa shape index (κ3) is 1.82. The number of nitrogens with one attached hydrogen (secondary N) is 1. The first-order valence-corrected chi connectivity index (χ1v) is 6.41. The van der Waals surface area contributed by atoms with Gasteiger partial charge in [-0.25, -0.2) is 0 Å². The van der Waals surface area contributed by atoms with Crippen LogP contribution in [0.25, 0.3) is 0 Å². The van der Waals surface area contributed by atoms with Gasteiger partial charge in [0.15, 0.2) is 0 Å². The van der Waals surface area contributed by atoms with Crippen LogP contribution in [0.2, 0.25) is 0 Å². The lowest BCUT2D eigenvalue weighted by atomic mass is 9.87.